The van der Waals surface area contributed by atoms with Gasteiger partial charge >= 0.3 is 11.9 Å². The average molecular weight is 629 g/mol. The second kappa shape index (κ2) is 20.3. The predicted octanol–water partition coefficient (Wildman–Crippen LogP) is 7.34. The molecule has 0 aliphatic rings. The fourth-order valence-corrected chi connectivity index (χ4v) is 7.71. The van der Waals surface area contributed by atoms with Crippen LogP contribution in [0, 0.1) is 0 Å². The van der Waals surface area contributed by atoms with Crippen LogP contribution in [0.15, 0.2) is 24.3 Å². The molecule has 42 heavy (non-hydrogen) atoms. The summed E-state index contributed by atoms with van der Waals surface area (Å²) in [5.41, 5.74) is 0. The first-order valence-electron chi connectivity index (χ1n) is 15.1. The topological polar surface area (TPSA) is 165 Å². The smallest absolute Gasteiger partial charge is 0.317 e. The first kappa shape index (κ1) is 35.6. The summed E-state index contributed by atoms with van der Waals surface area (Å²) in [6, 6.07) is 5.89. The van der Waals surface area contributed by atoms with Crippen molar-refractivity contribution in [3.63, 3.8) is 0 Å². The largest absolute Gasteiger partial charge is 0.494 e. The van der Waals surface area contributed by atoms with Gasteiger partial charge in [-0.2, -0.15) is 0 Å². The van der Waals surface area contributed by atoms with Crippen molar-refractivity contribution in [3.8, 4) is 23.5 Å². The third kappa shape index (κ3) is 13.6. The van der Waals surface area contributed by atoms with Gasteiger partial charge in [0.05, 0.1) is 0 Å². The van der Waals surface area contributed by atoms with Gasteiger partial charge in [0.15, 0.2) is 23.5 Å². The maximum Gasteiger partial charge on any atom is 0.317 e. The van der Waals surface area contributed by atoms with Crippen LogP contribution in [0.4, 0.5) is 0 Å². The van der Waals surface area contributed by atoms with E-state index in [4.69, 9.17) is 0 Å². The maximum absolute atomic E-state index is 11.7. The zero-order chi connectivity index (χ0) is 30.7. The fraction of sp³-hybridized carbons (Fsp3) is 0.667. The van der Waals surface area contributed by atoms with Crippen LogP contribution in [0.25, 0.3) is 0 Å². The van der Waals surface area contributed by atoms with Crippen LogP contribution >= 0.6 is 21.6 Å². The summed E-state index contributed by atoms with van der Waals surface area (Å²) in [6.45, 7) is 1.15. The lowest BCUT2D eigenvalue weighted by molar-refractivity contribution is -0.137. The van der Waals surface area contributed by atoms with Crippen LogP contribution in [-0.2, 0) is 22.7 Å². The van der Waals surface area contributed by atoms with E-state index >= 15 is 0 Å². The Balaban J connectivity index is 1.49. The van der Waals surface area contributed by atoms with E-state index in [2.05, 4.69) is 0 Å². The van der Waals surface area contributed by atoms with Crippen LogP contribution < -0.4 is 0 Å². The van der Waals surface area contributed by atoms with Crippen molar-refractivity contribution < 1.29 is 40.2 Å². The number of unbranched alkanes of at least 4 members (excludes halogenated alkanes) is 12. The van der Waals surface area contributed by atoms with Gasteiger partial charge in [-0.3, -0.25) is 18.7 Å². The SMILES string of the molecule is O=C(O)C(CCCCCCCCCn1c(O)ccc1O)SSC(CCCCCCCCCn1c(O)ccc1O)C(=O)O. The molecule has 6 N–H and O–H groups in total. The van der Waals surface area contributed by atoms with Crippen molar-refractivity contribution >= 4 is 33.5 Å². The molecule has 0 aliphatic carbocycles. The summed E-state index contributed by atoms with van der Waals surface area (Å²) in [4.78, 5) is 23.5. The van der Waals surface area contributed by atoms with Gasteiger partial charge in [0, 0.05) is 37.4 Å². The summed E-state index contributed by atoms with van der Waals surface area (Å²) in [7, 11) is 2.35. The molecular weight excluding hydrogens is 580 g/mol. The van der Waals surface area contributed by atoms with E-state index in [9.17, 15) is 40.2 Å². The molecule has 0 radical (unpaired) electrons. The number of aromatic hydroxyl groups is 4. The van der Waals surface area contributed by atoms with E-state index < -0.39 is 22.4 Å². The Hall–Kier alpha value is -2.60. The summed E-state index contributed by atoms with van der Waals surface area (Å²) in [6.07, 6.45) is 14.4. The summed E-state index contributed by atoms with van der Waals surface area (Å²) >= 11 is 0. The van der Waals surface area contributed by atoms with Gasteiger partial charge in [0.2, 0.25) is 0 Å². The van der Waals surface area contributed by atoms with E-state index in [-0.39, 0.29) is 23.5 Å². The first-order valence-corrected chi connectivity index (χ1v) is 17.4. The molecule has 10 nitrogen and oxygen atoms in total. The highest BCUT2D eigenvalue weighted by atomic mass is 33.1. The second-order valence-electron chi connectivity index (χ2n) is 10.8. The molecule has 0 saturated heterocycles. The summed E-state index contributed by atoms with van der Waals surface area (Å²) in [5, 5.41) is 56.6. The standard InChI is InChI=1S/C30H48N2O8S2/c33-25-17-18-26(34)31(25)21-13-9-5-1-3-7-11-15-23(29(37)38)41-42-24(30(39)40)16-12-8-4-2-6-10-14-22-32-27(35)19-20-28(32)36/h17-20,23-24,33-36H,1-16,21-22H2,(H,37,38)(H,39,40). The average Bonchev–Trinajstić information content (AvgIpc) is 3.45. The monoisotopic (exact) mass is 628 g/mol. The number of hydrogen-bond donors (Lipinski definition) is 6. The van der Waals surface area contributed by atoms with Crippen LogP contribution in [0.2, 0.25) is 0 Å². The summed E-state index contributed by atoms with van der Waals surface area (Å²) in [5.74, 6) is -1.51. The van der Waals surface area contributed by atoms with Crippen molar-refractivity contribution in [2.45, 2.75) is 126 Å². The first-order chi connectivity index (χ1) is 20.2. The number of carboxylic acid groups (broad SMARTS) is 2. The van der Waals surface area contributed by atoms with Crippen molar-refractivity contribution in [1.82, 2.24) is 9.13 Å². The highest BCUT2D eigenvalue weighted by Crippen LogP contribution is 2.36. The lowest BCUT2D eigenvalue weighted by atomic mass is 10.1. The zero-order valence-corrected chi connectivity index (χ0v) is 26.0. The highest BCUT2D eigenvalue weighted by molar-refractivity contribution is 8.77. The third-order valence-corrected chi connectivity index (χ3v) is 10.6. The maximum atomic E-state index is 11.7. The number of carboxylic acids is 2. The second-order valence-corrected chi connectivity index (χ2v) is 13.5. The lowest BCUT2D eigenvalue weighted by Gasteiger charge is -2.15. The van der Waals surface area contributed by atoms with Crippen molar-refractivity contribution in [3.05, 3.63) is 24.3 Å². The Morgan fingerprint density at radius 2 is 0.762 bits per heavy atom. The molecule has 2 aromatic rings. The van der Waals surface area contributed by atoms with Gasteiger partial charge < -0.3 is 30.6 Å². The van der Waals surface area contributed by atoms with E-state index in [1.54, 1.807) is 0 Å². The Morgan fingerprint density at radius 1 is 0.500 bits per heavy atom. The van der Waals surface area contributed by atoms with Crippen LogP contribution in [0.5, 0.6) is 23.5 Å². The number of nitrogens with zero attached hydrogens (tertiary/aromatic N) is 2. The zero-order valence-electron chi connectivity index (χ0n) is 24.4. The molecule has 0 saturated carbocycles. The quantitative estimate of drug-likeness (QED) is 0.0484. The third-order valence-electron chi connectivity index (χ3n) is 7.40. The predicted molar refractivity (Wildman–Crippen MR) is 167 cm³/mol. The van der Waals surface area contributed by atoms with Crippen molar-refractivity contribution in [1.29, 1.82) is 0 Å². The number of rotatable bonds is 25. The van der Waals surface area contributed by atoms with Gasteiger partial charge in [-0.1, -0.05) is 98.6 Å². The molecule has 2 rings (SSSR count). The molecule has 0 spiro atoms. The Labute approximate surface area is 256 Å². The van der Waals surface area contributed by atoms with Gasteiger partial charge in [0.1, 0.15) is 10.5 Å². The molecule has 0 bridgehead atoms. The lowest BCUT2D eigenvalue weighted by Crippen LogP contribution is -2.19. The van der Waals surface area contributed by atoms with Gasteiger partial charge in [0.25, 0.3) is 0 Å². The molecule has 2 atom stereocenters. The molecule has 0 aliphatic heterocycles. The minimum absolute atomic E-state index is 0.0699. The number of aromatic nitrogens is 2. The molecule has 2 unspecified atom stereocenters. The van der Waals surface area contributed by atoms with E-state index in [1.165, 1.54) is 55.0 Å². The van der Waals surface area contributed by atoms with Crippen LogP contribution in [0.1, 0.15) is 103 Å². The van der Waals surface area contributed by atoms with Gasteiger partial charge in [-0.05, 0) is 25.7 Å². The normalized spacial score (nSPS) is 12.9. The van der Waals surface area contributed by atoms with Crippen molar-refractivity contribution in [2.24, 2.45) is 0 Å². The van der Waals surface area contributed by atoms with E-state index in [0.717, 1.165) is 89.9 Å². The van der Waals surface area contributed by atoms with E-state index in [0.29, 0.717) is 25.9 Å². The molecule has 0 fully saturated rings. The van der Waals surface area contributed by atoms with Crippen molar-refractivity contribution in [2.75, 3.05) is 0 Å². The Morgan fingerprint density at radius 3 is 1.05 bits per heavy atom. The molecule has 0 amide bonds. The molecule has 12 heteroatoms. The highest BCUT2D eigenvalue weighted by Gasteiger charge is 2.24. The van der Waals surface area contributed by atoms with Crippen LogP contribution in [0.3, 0.4) is 0 Å². The Kier molecular flexibility index (Phi) is 17.2. The fourth-order valence-electron chi connectivity index (χ4n) is 4.88. The molecule has 0 aromatic carbocycles. The van der Waals surface area contributed by atoms with E-state index in [1.807, 2.05) is 0 Å². The number of aliphatic carboxylic acids is 2. The Bertz CT molecular complexity index is 937. The van der Waals surface area contributed by atoms with Crippen LogP contribution in [-0.4, -0.2) is 62.2 Å². The van der Waals surface area contributed by atoms with Gasteiger partial charge in [-0.25, -0.2) is 0 Å². The number of carbonyl (C=O) groups is 2. The van der Waals surface area contributed by atoms with Gasteiger partial charge in [-0.15, -0.1) is 0 Å². The molecule has 238 valence electrons. The minimum atomic E-state index is -0.893. The molecular formula is C30H48N2O8S2. The summed E-state index contributed by atoms with van der Waals surface area (Å²) < 4.78 is 2.96. The minimum Gasteiger partial charge on any atom is -0.494 e. The molecule has 2 aromatic heterocycles. The molecule has 2 heterocycles. The number of hydrogen-bond acceptors (Lipinski definition) is 8.